The van der Waals surface area contributed by atoms with Gasteiger partial charge in [-0.1, -0.05) is 24.3 Å². The molecule has 2 nitrogen and oxygen atoms in total. The number of halogens is 2. The average Bonchev–Trinajstić information content (AvgIpc) is 2.42. The van der Waals surface area contributed by atoms with E-state index in [4.69, 9.17) is 10.5 Å². The van der Waals surface area contributed by atoms with Crippen LogP contribution in [0.5, 0.6) is 5.75 Å². The fourth-order valence-corrected chi connectivity index (χ4v) is 2.22. The number of hydrogen-bond donors (Lipinski definition) is 1. The van der Waals surface area contributed by atoms with Gasteiger partial charge in [-0.15, -0.1) is 0 Å². The maximum atomic E-state index is 13.1. The average molecular weight is 324 g/mol. The van der Waals surface area contributed by atoms with E-state index in [0.717, 1.165) is 23.3 Å². The van der Waals surface area contributed by atoms with Gasteiger partial charge in [-0.3, -0.25) is 0 Å². The first-order valence-electron chi connectivity index (χ1n) is 6.05. The van der Waals surface area contributed by atoms with Gasteiger partial charge in [0.05, 0.1) is 4.47 Å². The summed E-state index contributed by atoms with van der Waals surface area (Å²) in [6.07, 6.45) is 0.781. The van der Waals surface area contributed by atoms with Gasteiger partial charge in [0.1, 0.15) is 18.2 Å². The Kier molecular flexibility index (Phi) is 4.93. The smallest absolute Gasteiger partial charge is 0.137 e. The van der Waals surface area contributed by atoms with Crippen LogP contribution in [0.1, 0.15) is 11.1 Å². The Bertz CT molecular complexity index is 560. The van der Waals surface area contributed by atoms with Crippen molar-refractivity contribution < 1.29 is 9.13 Å². The zero-order chi connectivity index (χ0) is 13.7. The Balaban J connectivity index is 2.07. The molecule has 0 unspecified atom stereocenters. The molecular weight excluding hydrogens is 309 g/mol. The second kappa shape index (κ2) is 6.68. The highest BCUT2D eigenvalue weighted by molar-refractivity contribution is 9.10. The van der Waals surface area contributed by atoms with Crippen molar-refractivity contribution in [3.8, 4) is 5.75 Å². The predicted molar refractivity (Wildman–Crippen MR) is 77.6 cm³/mol. The van der Waals surface area contributed by atoms with Crippen LogP contribution in [-0.2, 0) is 13.0 Å². The normalized spacial score (nSPS) is 10.5. The number of rotatable bonds is 5. The van der Waals surface area contributed by atoms with E-state index < -0.39 is 0 Å². The molecule has 100 valence electrons. The van der Waals surface area contributed by atoms with Gasteiger partial charge >= 0.3 is 0 Å². The van der Waals surface area contributed by atoms with E-state index in [2.05, 4.69) is 15.9 Å². The second-order valence-electron chi connectivity index (χ2n) is 4.18. The van der Waals surface area contributed by atoms with E-state index in [1.54, 1.807) is 12.1 Å². The number of para-hydroxylation sites is 1. The van der Waals surface area contributed by atoms with Crippen LogP contribution in [0.25, 0.3) is 0 Å². The summed E-state index contributed by atoms with van der Waals surface area (Å²) in [7, 11) is 0. The van der Waals surface area contributed by atoms with Crippen LogP contribution in [-0.4, -0.2) is 6.54 Å². The first-order valence-corrected chi connectivity index (χ1v) is 6.84. The Morgan fingerprint density at radius 2 is 1.95 bits per heavy atom. The van der Waals surface area contributed by atoms with Gasteiger partial charge in [-0.05, 0) is 58.2 Å². The third-order valence-corrected chi connectivity index (χ3v) is 3.37. The van der Waals surface area contributed by atoms with Crippen molar-refractivity contribution in [3.05, 3.63) is 63.9 Å². The van der Waals surface area contributed by atoms with Crippen LogP contribution in [0.15, 0.2) is 46.9 Å². The van der Waals surface area contributed by atoms with E-state index >= 15 is 0 Å². The molecule has 2 rings (SSSR count). The van der Waals surface area contributed by atoms with Gasteiger partial charge < -0.3 is 10.5 Å². The van der Waals surface area contributed by atoms with Crippen molar-refractivity contribution >= 4 is 15.9 Å². The molecule has 0 aromatic heterocycles. The molecule has 2 aromatic carbocycles. The molecule has 0 spiro atoms. The SMILES string of the molecule is NCCc1ccccc1OCc1ccc(F)c(Br)c1. The van der Waals surface area contributed by atoms with Gasteiger partial charge in [0, 0.05) is 0 Å². The molecule has 0 saturated heterocycles. The number of hydrogen-bond acceptors (Lipinski definition) is 2. The molecule has 0 aliphatic rings. The quantitative estimate of drug-likeness (QED) is 0.911. The summed E-state index contributed by atoms with van der Waals surface area (Å²) in [4.78, 5) is 0. The monoisotopic (exact) mass is 323 g/mol. The number of benzene rings is 2. The molecule has 0 amide bonds. The fourth-order valence-electron chi connectivity index (χ4n) is 1.80. The molecule has 0 radical (unpaired) electrons. The van der Waals surface area contributed by atoms with E-state index in [-0.39, 0.29) is 5.82 Å². The summed E-state index contributed by atoms with van der Waals surface area (Å²) in [5.41, 5.74) is 7.57. The van der Waals surface area contributed by atoms with Gasteiger partial charge in [-0.2, -0.15) is 0 Å². The molecule has 0 atom stereocenters. The van der Waals surface area contributed by atoms with Crippen LogP contribution in [0.3, 0.4) is 0 Å². The van der Waals surface area contributed by atoms with Crippen molar-refractivity contribution in [3.63, 3.8) is 0 Å². The Labute approximate surface area is 120 Å². The molecule has 0 bridgehead atoms. The predicted octanol–water partition coefficient (Wildman–Crippen LogP) is 3.67. The standard InChI is InChI=1S/C15H15BrFNO/c16-13-9-11(5-6-14(13)17)10-19-15-4-2-1-3-12(15)7-8-18/h1-6,9H,7-8,10,18H2. The van der Waals surface area contributed by atoms with Gasteiger partial charge in [0.15, 0.2) is 0 Å². The number of ether oxygens (including phenoxy) is 1. The summed E-state index contributed by atoms with van der Waals surface area (Å²) in [6.45, 7) is 0.989. The summed E-state index contributed by atoms with van der Waals surface area (Å²) in [5.74, 6) is 0.556. The van der Waals surface area contributed by atoms with Crippen molar-refractivity contribution in [2.24, 2.45) is 5.73 Å². The minimum absolute atomic E-state index is 0.271. The Hall–Kier alpha value is -1.39. The maximum Gasteiger partial charge on any atom is 0.137 e. The van der Waals surface area contributed by atoms with Crippen LogP contribution < -0.4 is 10.5 Å². The lowest BCUT2D eigenvalue weighted by Crippen LogP contribution is -2.05. The third-order valence-electron chi connectivity index (χ3n) is 2.76. The lowest BCUT2D eigenvalue weighted by Gasteiger charge is -2.11. The van der Waals surface area contributed by atoms with Crippen molar-refractivity contribution in [2.45, 2.75) is 13.0 Å². The van der Waals surface area contributed by atoms with E-state index in [1.807, 2.05) is 24.3 Å². The van der Waals surface area contributed by atoms with Crippen molar-refractivity contribution in [1.29, 1.82) is 0 Å². The largest absolute Gasteiger partial charge is 0.489 e. The van der Waals surface area contributed by atoms with Crippen molar-refractivity contribution in [2.75, 3.05) is 6.54 Å². The van der Waals surface area contributed by atoms with E-state index in [1.165, 1.54) is 6.07 Å². The molecule has 19 heavy (non-hydrogen) atoms. The molecule has 0 saturated carbocycles. The van der Waals surface area contributed by atoms with Crippen LogP contribution >= 0.6 is 15.9 Å². The molecule has 0 aliphatic heterocycles. The molecule has 2 aromatic rings. The summed E-state index contributed by atoms with van der Waals surface area (Å²) >= 11 is 3.16. The van der Waals surface area contributed by atoms with Crippen molar-refractivity contribution in [1.82, 2.24) is 0 Å². The minimum atomic E-state index is -0.271. The topological polar surface area (TPSA) is 35.2 Å². The molecule has 4 heteroatoms. The first kappa shape index (κ1) is 14.0. The van der Waals surface area contributed by atoms with Crippen LogP contribution in [0.2, 0.25) is 0 Å². The molecule has 0 heterocycles. The van der Waals surface area contributed by atoms with E-state index in [0.29, 0.717) is 17.6 Å². The molecular formula is C15H15BrFNO. The number of nitrogens with two attached hydrogens (primary N) is 1. The Morgan fingerprint density at radius 1 is 1.16 bits per heavy atom. The molecule has 0 fully saturated rings. The summed E-state index contributed by atoms with van der Waals surface area (Å²) in [6, 6.07) is 12.7. The highest BCUT2D eigenvalue weighted by Gasteiger charge is 2.04. The molecule has 2 N–H and O–H groups in total. The second-order valence-corrected chi connectivity index (χ2v) is 5.04. The van der Waals surface area contributed by atoms with E-state index in [9.17, 15) is 4.39 Å². The minimum Gasteiger partial charge on any atom is -0.489 e. The molecule has 0 aliphatic carbocycles. The zero-order valence-corrected chi connectivity index (χ0v) is 12.0. The summed E-state index contributed by atoms with van der Waals surface area (Å²) < 4.78 is 19.3. The lowest BCUT2D eigenvalue weighted by molar-refractivity contribution is 0.302. The highest BCUT2D eigenvalue weighted by atomic mass is 79.9. The van der Waals surface area contributed by atoms with Gasteiger partial charge in [-0.25, -0.2) is 4.39 Å². The zero-order valence-electron chi connectivity index (χ0n) is 10.4. The lowest BCUT2D eigenvalue weighted by atomic mass is 10.1. The first-order chi connectivity index (χ1) is 9.20. The highest BCUT2D eigenvalue weighted by Crippen LogP contribution is 2.21. The van der Waals surface area contributed by atoms with Crippen LogP contribution in [0.4, 0.5) is 4.39 Å². The fraction of sp³-hybridized carbons (Fsp3) is 0.200. The Morgan fingerprint density at radius 3 is 2.68 bits per heavy atom. The van der Waals surface area contributed by atoms with Gasteiger partial charge in [0.2, 0.25) is 0 Å². The summed E-state index contributed by atoms with van der Waals surface area (Å²) in [5, 5.41) is 0. The van der Waals surface area contributed by atoms with Gasteiger partial charge in [0.25, 0.3) is 0 Å². The third kappa shape index (κ3) is 3.78. The maximum absolute atomic E-state index is 13.1. The van der Waals surface area contributed by atoms with Crippen LogP contribution in [0, 0.1) is 5.82 Å².